The van der Waals surface area contributed by atoms with Gasteiger partial charge < -0.3 is 9.64 Å². The van der Waals surface area contributed by atoms with Crippen LogP contribution in [0.4, 0.5) is 8.78 Å². The van der Waals surface area contributed by atoms with Crippen molar-refractivity contribution in [1.29, 1.82) is 0 Å². The molecule has 0 aliphatic carbocycles. The smallest absolute Gasteiger partial charge is 0.133 e. The molecule has 1 aromatic carbocycles. The minimum atomic E-state index is -0.605. The fourth-order valence-corrected chi connectivity index (χ4v) is 1.58. The molecule has 0 N–H and O–H groups in total. The maximum absolute atomic E-state index is 13.6. The zero-order chi connectivity index (χ0) is 15.0. The number of rotatable bonds is 5. The average Bonchev–Trinajstić information content (AvgIpc) is 2.29. The lowest BCUT2D eigenvalue weighted by Gasteiger charge is -2.16. The third kappa shape index (κ3) is 6.01. The molecule has 0 spiro atoms. The maximum atomic E-state index is 13.6. The predicted molar refractivity (Wildman–Crippen MR) is 75.8 cm³/mol. The van der Waals surface area contributed by atoms with Gasteiger partial charge in [0.15, 0.2) is 0 Å². The fraction of sp³-hybridized carbons (Fsp3) is 0.600. The Morgan fingerprint density at radius 2 is 1.74 bits per heavy atom. The molecule has 0 aliphatic rings. The highest BCUT2D eigenvalue weighted by Gasteiger charge is 2.15. The maximum Gasteiger partial charge on any atom is 0.133 e. The van der Waals surface area contributed by atoms with E-state index in [1.54, 1.807) is 0 Å². The second-order valence-electron chi connectivity index (χ2n) is 4.61. The molecule has 4 heteroatoms. The molecule has 0 saturated heterocycles. The molecule has 1 aromatic rings. The first-order valence-corrected chi connectivity index (χ1v) is 6.68. The zero-order valence-electron chi connectivity index (χ0n) is 12.8. The van der Waals surface area contributed by atoms with Crippen molar-refractivity contribution in [3.63, 3.8) is 0 Å². The van der Waals surface area contributed by atoms with E-state index in [-0.39, 0.29) is 5.92 Å². The van der Waals surface area contributed by atoms with Crippen LogP contribution in [0, 0.1) is 11.6 Å². The Kier molecular flexibility index (Phi) is 8.32. The summed E-state index contributed by atoms with van der Waals surface area (Å²) < 4.78 is 32.2. The summed E-state index contributed by atoms with van der Waals surface area (Å²) in [6.07, 6.45) is 0. The third-order valence-electron chi connectivity index (χ3n) is 2.43. The minimum Gasteiger partial charge on any atom is -0.492 e. The molecule has 1 rings (SSSR count). The quantitative estimate of drug-likeness (QED) is 0.802. The predicted octanol–water partition coefficient (Wildman–Crippen LogP) is 4.05. The molecule has 2 nitrogen and oxygen atoms in total. The van der Waals surface area contributed by atoms with E-state index in [9.17, 15) is 8.78 Å². The Morgan fingerprint density at radius 3 is 2.21 bits per heavy atom. The van der Waals surface area contributed by atoms with Crippen molar-refractivity contribution in [2.75, 3.05) is 27.2 Å². The van der Waals surface area contributed by atoms with Crippen LogP contribution in [0.1, 0.15) is 39.2 Å². The lowest BCUT2D eigenvalue weighted by Crippen LogP contribution is -2.20. The minimum absolute atomic E-state index is 0.0371. The molecule has 0 unspecified atom stereocenters. The number of halogens is 2. The van der Waals surface area contributed by atoms with Crippen LogP contribution in [0.3, 0.4) is 0 Å². The van der Waals surface area contributed by atoms with Gasteiger partial charge in [-0.25, -0.2) is 8.78 Å². The number of ether oxygens (including phenoxy) is 1. The molecule has 0 radical (unpaired) electrons. The highest BCUT2D eigenvalue weighted by atomic mass is 19.1. The van der Waals surface area contributed by atoms with Gasteiger partial charge in [-0.3, -0.25) is 0 Å². The zero-order valence-corrected chi connectivity index (χ0v) is 12.8. The van der Waals surface area contributed by atoms with E-state index >= 15 is 0 Å². The summed E-state index contributed by atoms with van der Waals surface area (Å²) in [5.41, 5.74) is 0.435. The highest BCUT2D eigenvalue weighted by molar-refractivity contribution is 5.37. The van der Waals surface area contributed by atoms with Gasteiger partial charge in [0.1, 0.15) is 24.0 Å². The van der Waals surface area contributed by atoms with Gasteiger partial charge in [0, 0.05) is 24.2 Å². The summed E-state index contributed by atoms with van der Waals surface area (Å²) in [7, 11) is 3.83. The fourth-order valence-electron chi connectivity index (χ4n) is 1.58. The second kappa shape index (κ2) is 8.86. The van der Waals surface area contributed by atoms with Crippen molar-refractivity contribution in [2.24, 2.45) is 0 Å². The number of nitrogens with zero attached hydrogens (tertiary/aromatic N) is 1. The molecule has 0 aliphatic heterocycles. The Bertz CT molecular complexity index is 379. The molecule has 0 bridgehead atoms. The first-order valence-electron chi connectivity index (χ1n) is 6.68. The Balaban J connectivity index is 0.00000154. The van der Waals surface area contributed by atoms with E-state index in [0.29, 0.717) is 24.5 Å². The van der Waals surface area contributed by atoms with Crippen LogP contribution < -0.4 is 4.74 Å². The topological polar surface area (TPSA) is 12.5 Å². The van der Waals surface area contributed by atoms with E-state index < -0.39 is 11.6 Å². The van der Waals surface area contributed by atoms with Crippen molar-refractivity contribution in [3.05, 3.63) is 29.3 Å². The molecular weight excluding hydrogens is 248 g/mol. The SMILES string of the molecule is CC.CC(C)c1c(F)cc(F)cc1OCCN(C)C. The molecule has 0 atom stereocenters. The van der Waals surface area contributed by atoms with Gasteiger partial charge in [0.2, 0.25) is 0 Å². The molecule has 0 amide bonds. The summed E-state index contributed by atoms with van der Waals surface area (Å²) >= 11 is 0. The van der Waals surface area contributed by atoms with Crippen molar-refractivity contribution >= 4 is 0 Å². The lowest BCUT2D eigenvalue weighted by atomic mass is 10.0. The van der Waals surface area contributed by atoms with E-state index in [2.05, 4.69) is 0 Å². The Morgan fingerprint density at radius 1 is 1.16 bits per heavy atom. The molecule has 0 aromatic heterocycles. The standard InChI is InChI=1S/C13H19F2NO.C2H6/c1-9(2)13-11(15)7-10(14)8-12(13)17-6-5-16(3)4;1-2/h7-9H,5-6H2,1-4H3;1-2H3. The van der Waals surface area contributed by atoms with Gasteiger partial charge in [0.05, 0.1) is 0 Å². The summed E-state index contributed by atoms with van der Waals surface area (Å²) in [6.45, 7) is 8.83. The van der Waals surface area contributed by atoms with Crippen LogP contribution in [-0.2, 0) is 0 Å². The number of benzene rings is 1. The van der Waals surface area contributed by atoms with E-state index in [1.165, 1.54) is 6.07 Å². The molecule has 0 heterocycles. The average molecular weight is 273 g/mol. The number of hydrogen-bond donors (Lipinski definition) is 0. The first kappa shape index (κ1) is 17.8. The largest absolute Gasteiger partial charge is 0.492 e. The second-order valence-corrected chi connectivity index (χ2v) is 4.61. The van der Waals surface area contributed by atoms with Gasteiger partial charge in [-0.05, 0) is 20.0 Å². The van der Waals surface area contributed by atoms with Crippen LogP contribution >= 0.6 is 0 Å². The Hall–Kier alpha value is -1.16. The summed E-state index contributed by atoms with van der Waals surface area (Å²) in [6, 6.07) is 2.14. The summed E-state index contributed by atoms with van der Waals surface area (Å²) in [4.78, 5) is 1.95. The highest BCUT2D eigenvalue weighted by Crippen LogP contribution is 2.30. The Labute approximate surface area is 115 Å². The summed E-state index contributed by atoms with van der Waals surface area (Å²) in [5.74, 6) is -0.879. The van der Waals surface area contributed by atoms with E-state index in [1.807, 2.05) is 46.7 Å². The third-order valence-corrected chi connectivity index (χ3v) is 2.43. The van der Waals surface area contributed by atoms with Crippen molar-refractivity contribution in [1.82, 2.24) is 4.90 Å². The monoisotopic (exact) mass is 273 g/mol. The van der Waals surface area contributed by atoms with E-state index in [0.717, 1.165) is 6.07 Å². The number of hydrogen-bond acceptors (Lipinski definition) is 2. The van der Waals surface area contributed by atoms with Crippen molar-refractivity contribution in [2.45, 2.75) is 33.6 Å². The first-order chi connectivity index (χ1) is 8.91. The summed E-state index contributed by atoms with van der Waals surface area (Å²) in [5, 5.41) is 0. The van der Waals surface area contributed by atoms with Crippen molar-refractivity contribution in [3.8, 4) is 5.75 Å². The van der Waals surface area contributed by atoms with Gasteiger partial charge in [-0.2, -0.15) is 0 Å². The van der Waals surface area contributed by atoms with Crippen LogP contribution in [-0.4, -0.2) is 32.1 Å². The van der Waals surface area contributed by atoms with Crippen LogP contribution in [0.2, 0.25) is 0 Å². The number of likely N-dealkylation sites (N-methyl/N-ethyl adjacent to an activating group) is 1. The lowest BCUT2D eigenvalue weighted by molar-refractivity contribution is 0.256. The molecule has 110 valence electrons. The van der Waals surface area contributed by atoms with Gasteiger partial charge in [-0.15, -0.1) is 0 Å². The van der Waals surface area contributed by atoms with Gasteiger partial charge in [-0.1, -0.05) is 27.7 Å². The van der Waals surface area contributed by atoms with E-state index in [4.69, 9.17) is 4.74 Å². The molecular formula is C15H25F2NO. The normalized spacial score (nSPS) is 10.4. The van der Waals surface area contributed by atoms with Crippen molar-refractivity contribution < 1.29 is 13.5 Å². The van der Waals surface area contributed by atoms with Gasteiger partial charge in [0.25, 0.3) is 0 Å². The van der Waals surface area contributed by atoms with Crippen LogP contribution in [0.15, 0.2) is 12.1 Å². The molecule has 0 fully saturated rings. The van der Waals surface area contributed by atoms with Crippen LogP contribution in [0.5, 0.6) is 5.75 Å². The molecule has 19 heavy (non-hydrogen) atoms. The van der Waals surface area contributed by atoms with Gasteiger partial charge >= 0.3 is 0 Å². The van der Waals surface area contributed by atoms with Crippen LogP contribution in [0.25, 0.3) is 0 Å². The molecule has 0 saturated carbocycles.